The summed E-state index contributed by atoms with van der Waals surface area (Å²) >= 11 is 0. The fourth-order valence-corrected chi connectivity index (χ4v) is 3.46. The van der Waals surface area contributed by atoms with E-state index in [1.54, 1.807) is 0 Å². The van der Waals surface area contributed by atoms with Gasteiger partial charge in [0, 0.05) is 12.1 Å². The fraction of sp³-hybridized carbons (Fsp3) is 0.350. The van der Waals surface area contributed by atoms with Crippen LogP contribution < -0.4 is 14.8 Å². The Morgan fingerprint density at radius 2 is 1.58 bits per heavy atom. The second kappa shape index (κ2) is 6.56. The quantitative estimate of drug-likeness (QED) is 0.933. The average Bonchev–Trinajstić information content (AvgIpc) is 2.98. The zero-order chi connectivity index (χ0) is 16.4. The van der Waals surface area contributed by atoms with Gasteiger partial charge in [-0.15, -0.1) is 0 Å². The van der Waals surface area contributed by atoms with Gasteiger partial charge in [-0.1, -0.05) is 18.2 Å². The molecule has 0 bridgehead atoms. The molecule has 0 saturated heterocycles. The first-order valence-electron chi connectivity index (χ1n) is 8.59. The molecule has 0 radical (unpaired) electrons. The third-order valence-electron chi connectivity index (χ3n) is 4.72. The normalized spacial score (nSPS) is 22.6. The molecule has 1 heterocycles. The van der Waals surface area contributed by atoms with Gasteiger partial charge in [-0.05, 0) is 61.6 Å². The Labute approximate surface area is 141 Å². The molecule has 0 spiro atoms. The van der Waals surface area contributed by atoms with E-state index in [4.69, 9.17) is 9.47 Å². The zero-order valence-corrected chi connectivity index (χ0v) is 13.5. The van der Waals surface area contributed by atoms with Gasteiger partial charge in [-0.25, -0.2) is 0 Å². The van der Waals surface area contributed by atoms with Crippen molar-refractivity contribution in [1.29, 1.82) is 0 Å². The van der Waals surface area contributed by atoms with Gasteiger partial charge in [-0.2, -0.15) is 0 Å². The van der Waals surface area contributed by atoms with Crippen LogP contribution in [0, 0.1) is 0 Å². The third-order valence-corrected chi connectivity index (χ3v) is 4.72. The number of para-hydroxylation sites is 1. The molecule has 2 atom stereocenters. The van der Waals surface area contributed by atoms with E-state index in [-0.39, 0.29) is 18.1 Å². The van der Waals surface area contributed by atoms with E-state index >= 15 is 0 Å². The van der Waals surface area contributed by atoms with Crippen molar-refractivity contribution in [3.05, 3.63) is 59.7 Å². The Balaban J connectivity index is 1.48. The first kappa shape index (κ1) is 15.1. The molecule has 1 aliphatic heterocycles. The summed E-state index contributed by atoms with van der Waals surface area (Å²) in [4.78, 5) is 11.7. The number of nitrogens with one attached hydrogen (secondary N) is 1. The summed E-state index contributed by atoms with van der Waals surface area (Å²) in [6.45, 7) is 0.583. The minimum absolute atomic E-state index is 0.000459. The number of fused-ring (bicyclic) bond motifs is 1. The van der Waals surface area contributed by atoms with Gasteiger partial charge in [0.05, 0.1) is 0 Å². The number of carbonyl (C=O) groups is 1. The summed E-state index contributed by atoms with van der Waals surface area (Å²) in [6, 6.07) is 15.6. The average molecular weight is 323 g/mol. The standard InChI is InChI=1S/C20H21NO3/c22-20-17-11-10-16(12-14(17)13-21-20)24-19-9-5-4-8-18(19)23-15-6-2-1-3-7-15/h1-3,6-7,10-12,18-19H,4-5,8-9,13H2,(H,21,22). The molecule has 2 aromatic carbocycles. The van der Waals surface area contributed by atoms with Gasteiger partial charge in [0.1, 0.15) is 23.7 Å². The van der Waals surface area contributed by atoms with E-state index in [9.17, 15) is 4.79 Å². The van der Waals surface area contributed by atoms with Crippen LogP contribution in [0.25, 0.3) is 0 Å². The molecule has 1 amide bonds. The molecule has 1 fully saturated rings. The van der Waals surface area contributed by atoms with E-state index in [0.717, 1.165) is 41.9 Å². The van der Waals surface area contributed by atoms with Gasteiger partial charge >= 0.3 is 0 Å². The van der Waals surface area contributed by atoms with Crippen LogP contribution in [0.2, 0.25) is 0 Å². The molecule has 2 unspecified atom stereocenters. The first-order chi connectivity index (χ1) is 11.8. The summed E-state index contributed by atoms with van der Waals surface area (Å²) < 4.78 is 12.4. The highest BCUT2D eigenvalue weighted by Gasteiger charge is 2.29. The van der Waals surface area contributed by atoms with Gasteiger partial charge in [-0.3, -0.25) is 4.79 Å². The predicted molar refractivity (Wildman–Crippen MR) is 91.4 cm³/mol. The second-order valence-corrected chi connectivity index (χ2v) is 6.41. The van der Waals surface area contributed by atoms with E-state index in [2.05, 4.69) is 5.32 Å². The lowest BCUT2D eigenvalue weighted by Gasteiger charge is -2.32. The number of hydrogen-bond donors (Lipinski definition) is 1. The highest BCUT2D eigenvalue weighted by atomic mass is 16.5. The second-order valence-electron chi connectivity index (χ2n) is 6.41. The van der Waals surface area contributed by atoms with Gasteiger partial charge < -0.3 is 14.8 Å². The summed E-state index contributed by atoms with van der Waals surface area (Å²) in [5.74, 6) is 1.71. The van der Waals surface area contributed by atoms with Crippen molar-refractivity contribution >= 4 is 5.91 Å². The van der Waals surface area contributed by atoms with Crippen molar-refractivity contribution in [2.75, 3.05) is 0 Å². The Kier molecular flexibility index (Phi) is 4.11. The van der Waals surface area contributed by atoms with Crippen LogP contribution >= 0.6 is 0 Å². The highest BCUT2D eigenvalue weighted by molar-refractivity contribution is 5.98. The smallest absolute Gasteiger partial charge is 0.251 e. The summed E-state index contributed by atoms with van der Waals surface area (Å²) in [5.41, 5.74) is 1.76. The fourth-order valence-electron chi connectivity index (χ4n) is 3.46. The summed E-state index contributed by atoms with van der Waals surface area (Å²) in [7, 11) is 0. The Bertz CT molecular complexity index is 729. The number of benzene rings is 2. The minimum Gasteiger partial charge on any atom is -0.487 e. The van der Waals surface area contributed by atoms with Crippen molar-refractivity contribution in [2.45, 2.75) is 44.4 Å². The minimum atomic E-state index is -0.000459. The van der Waals surface area contributed by atoms with E-state index in [1.807, 2.05) is 48.5 Å². The van der Waals surface area contributed by atoms with Crippen LogP contribution in [0.4, 0.5) is 0 Å². The van der Waals surface area contributed by atoms with Crippen LogP contribution in [0.15, 0.2) is 48.5 Å². The lowest BCUT2D eigenvalue weighted by Crippen LogP contribution is -2.39. The molecule has 1 N–H and O–H groups in total. The van der Waals surface area contributed by atoms with Crippen molar-refractivity contribution in [2.24, 2.45) is 0 Å². The number of ether oxygens (including phenoxy) is 2. The Morgan fingerprint density at radius 3 is 2.33 bits per heavy atom. The highest BCUT2D eigenvalue weighted by Crippen LogP contribution is 2.29. The molecular formula is C20H21NO3. The van der Waals surface area contributed by atoms with E-state index < -0.39 is 0 Å². The van der Waals surface area contributed by atoms with Gasteiger partial charge in [0.15, 0.2) is 0 Å². The molecule has 4 rings (SSSR count). The van der Waals surface area contributed by atoms with E-state index in [1.165, 1.54) is 6.42 Å². The lowest BCUT2D eigenvalue weighted by molar-refractivity contribution is 0.0231. The summed E-state index contributed by atoms with van der Waals surface area (Å²) in [5, 5.41) is 2.84. The van der Waals surface area contributed by atoms with E-state index in [0.29, 0.717) is 6.54 Å². The molecular weight excluding hydrogens is 302 g/mol. The van der Waals surface area contributed by atoms with Crippen LogP contribution in [0.5, 0.6) is 11.5 Å². The van der Waals surface area contributed by atoms with Crippen molar-refractivity contribution in [1.82, 2.24) is 5.32 Å². The molecule has 24 heavy (non-hydrogen) atoms. The van der Waals surface area contributed by atoms with Crippen molar-refractivity contribution in [3.8, 4) is 11.5 Å². The zero-order valence-electron chi connectivity index (χ0n) is 13.5. The Morgan fingerprint density at radius 1 is 0.875 bits per heavy atom. The predicted octanol–water partition coefficient (Wildman–Crippen LogP) is 3.70. The monoisotopic (exact) mass is 323 g/mol. The summed E-state index contributed by atoms with van der Waals surface area (Å²) in [6.07, 6.45) is 4.43. The van der Waals surface area contributed by atoms with Crippen LogP contribution in [-0.2, 0) is 6.54 Å². The van der Waals surface area contributed by atoms with Crippen LogP contribution in [-0.4, -0.2) is 18.1 Å². The molecule has 1 aliphatic carbocycles. The lowest BCUT2D eigenvalue weighted by atomic mass is 9.94. The molecule has 2 aromatic rings. The topological polar surface area (TPSA) is 47.6 Å². The maximum absolute atomic E-state index is 11.7. The largest absolute Gasteiger partial charge is 0.487 e. The Hall–Kier alpha value is -2.49. The van der Waals surface area contributed by atoms with Gasteiger partial charge in [0.2, 0.25) is 0 Å². The molecule has 4 heteroatoms. The van der Waals surface area contributed by atoms with Crippen LogP contribution in [0.1, 0.15) is 41.6 Å². The maximum Gasteiger partial charge on any atom is 0.251 e. The SMILES string of the molecule is O=C1NCc2cc(OC3CCCCC3Oc3ccccc3)ccc21. The van der Waals surface area contributed by atoms with Crippen LogP contribution in [0.3, 0.4) is 0 Å². The van der Waals surface area contributed by atoms with Crippen molar-refractivity contribution in [3.63, 3.8) is 0 Å². The molecule has 1 saturated carbocycles. The molecule has 0 aromatic heterocycles. The van der Waals surface area contributed by atoms with Crippen molar-refractivity contribution < 1.29 is 14.3 Å². The molecule has 124 valence electrons. The number of hydrogen-bond acceptors (Lipinski definition) is 3. The number of amides is 1. The third kappa shape index (κ3) is 3.09. The maximum atomic E-state index is 11.7. The molecule has 4 nitrogen and oxygen atoms in total. The number of carbonyl (C=O) groups excluding carboxylic acids is 1. The molecule has 2 aliphatic rings. The first-order valence-corrected chi connectivity index (χ1v) is 8.59. The number of rotatable bonds is 4. The van der Waals surface area contributed by atoms with Gasteiger partial charge in [0.25, 0.3) is 5.91 Å².